The molecular formula is C22H21BrCl2N4O3. The Hall–Kier alpha value is -2.55. The van der Waals surface area contributed by atoms with Gasteiger partial charge in [-0.15, -0.1) is 6.58 Å². The average Bonchev–Trinajstić information content (AvgIpc) is 3.06. The van der Waals surface area contributed by atoms with Gasteiger partial charge in [0.2, 0.25) is 11.8 Å². The maximum Gasteiger partial charge on any atom is 0.246 e. The Balaban J connectivity index is 1.80. The van der Waals surface area contributed by atoms with E-state index < -0.39 is 0 Å². The van der Waals surface area contributed by atoms with Crippen molar-refractivity contribution in [2.45, 2.75) is 20.0 Å². The van der Waals surface area contributed by atoms with Gasteiger partial charge in [0.05, 0.1) is 22.9 Å². The Kier molecular flexibility index (Phi) is 7.82. The number of carbonyl (C=O) groups excluding carboxylic acids is 2. The van der Waals surface area contributed by atoms with Gasteiger partial charge in [0, 0.05) is 30.3 Å². The van der Waals surface area contributed by atoms with Crippen LogP contribution in [-0.2, 0) is 16.2 Å². The number of nitrogens with zero attached hydrogens (tertiary/aromatic N) is 3. The fourth-order valence-electron chi connectivity index (χ4n) is 3.00. The highest BCUT2D eigenvalue weighted by Gasteiger charge is 2.19. The lowest BCUT2D eigenvalue weighted by atomic mass is 10.2. The molecule has 0 fully saturated rings. The van der Waals surface area contributed by atoms with E-state index >= 15 is 0 Å². The Morgan fingerprint density at radius 2 is 2.09 bits per heavy atom. The first kappa shape index (κ1) is 24.1. The van der Waals surface area contributed by atoms with E-state index in [0.29, 0.717) is 32.7 Å². The van der Waals surface area contributed by atoms with Crippen molar-refractivity contribution >= 4 is 62.3 Å². The fourth-order valence-corrected chi connectivity index (χ4v) is 3.98. The monoisotopic (exact) mass is 538 g/mol. The molecule has 0 saturated carbocycles. The molecule has 1 N–H and O–H groups in total. The lowest BCUT2D eigenvalue weighted by Gasteiger charge is -2.21. The summed E-state index contributed by atoms with van der Waals surface area (Å²) in [7, 11) is 1.58. The van der Waals surface area contributed by atoms with Crippen molar-refractivity contribution in [1.29, 1.82) is 0 Å². The summed E-state index contributed by atoms with van der Waals surface area (Å²) in [4.78, 5) is 30.0. The smallest absolute Gasteiger partial charge is 0.246 e. The van der Waals surface area contributed by atoms with E-state index in [0.717, 1.165) is 10.3 Å². The van der Waals surface area contributed by atoms with Crippen molar-refractivity contribution in [3.8, 4) is 5.75 Å². The van der Waals surface area contributed by atoms with Gasteiger partial charge in [-0.3, -0.25) is 14.0 Å². The predicted molar refractivity (Wildman–Crippen MR) is 130 cm³/mol. The minimum atomic E-state index is -0.332. The number of aryl methyl sites for hydroxylation is 1. The third kappa shape index (κ3) is 5.09. The van der Waals surface area contributed by atoms with E-state index in [9.17, 15) is 9.59 Å². The topological polar surface area (TPSA) is 75.9 Å². The zero-order chi connectivity index (χ0) is 23.4. The number of hydrogen-bond donors (Lipinski definition) is 1. The molecule has 2 heterocycles. The second-order valence-corrected chi connectivity index (χ2v) is 8.46. The Labute approximate surface area is 204 Å². The second kappa shape index (κ2) is 10.4. The van der Waals surface area contributed by atoms with Gasteiger partial charge < -0.3 is 15.0 Å². The number of aromatic nitrogens is 2. The molecule has 0 spiro atoms. The van der Waals surface area contributed by atoms with Crippen LogP contribution in [0.3, 0.4) is 0 Å². The standard InChI is InChI=1S/C22H21BrCl2N4O3/c1-4-6-18(30)26-11-19(31)28(3)16-9-8-15(24)14(20(16)25)12-32-17-7-5-10-29-21(23)13(2)27-22(17)29/h4-5,7-10H,1,6,11-12H2,2-3H3,(H,26,30). The van der Waals surface area contributed by atoms with Crippen molar-refractivity contribution in [3.05, 3.63) is 69.0 Å². The van der Waals surface area contributed by atoms with Crippen LogP contribution in [0.4, 0.5) is 5.69 Å². The highest BCUT2D eigenvalue weighted by Crippen LogP contribution is 2.35. The maximum absolute atomic E-state index is 12.5. The normalized spacial score (nSPS) is 10.8. The molecule has 1 aromatic carbocycles. The molecule has 0 aliphatic rings. The summed E-state index contributed by atoms with van der Waals surface area (Å²) in [5, 5.41) is 3.24. The zero-order valence-electron chi connectivity index (χ0n) is 17.5. The minimum Gasteiger partial charge on any atom is -0.485 e. The van der Waals surface area contributed by atoms with Crippen LogP contribution in [-0.4, -0.2) is 34.8 Å². The quantitative estimate of drug-likeness (QED) is 0.411. The average molecular weight is 540 g/mol. The summed E-state index contributed by atoms with van der Waals surface area (Å²) in [6, 6.07) is 6.95. The summed E-state index contributed by atoms with van der Waals surface area (Å²) in [5.74, 6) is -0.0535. The highest BCUT2D eigenvalue weighted by molar-refractivity contribution is 9.10. The minimum absolute atomic E-state index is 0.0762. The van der Waals surface area contributed by atoms with E-state index in [1.54, 1.807) is 25.2 Å². The number of imidazole rings is 1. The molecule has 10 heteroatoms. The van der Waals surface area contributed by atoms with E-state index in [4.69, 9.17) is 27.9 Å². The van der Waals surface area contributed by atoms with Gasteiger partial charge in [-0.05, 0) is 47.1 Å². The van der Waals surface area contributed by atoms with Crippen molar-refractivity contribution in [3.63, 3.8) is 0 Å². The first-order valence-electron chi connectivity index (χ1n) is 9.61. The molecule has 2 aromatic heterocycles. The molecule has 0 unspecified atom stereocenters. The van der Waals surface area contributed by atoms with Crippen LogP contribution >= 0.6 is 39.1 Å². The van der Waals surface area contributed by atoms with Crippen molar-refractivity contribution in [1.82, 2.24) is 14.7 Å². The third-order valence-corrected chi connectivity index (χ3v) is 6.49. The van der Waals surface area contributed by atoms with E-state index in [2.05, 4.69) is 32.8 Å². The summed E-state index contributed by atoms with van der Waals surface area (Å²) >= 11 is 16.5. The van der Waals surface area contributed by atoms with E-state index in [-0.39, 0.29) is 31.4 Å². The van der Waals surface area contributed by atoms with Crippen LogP contribution in [0.5, 0.6) is 5.75 Å². The third-order valence-electron chi connectivity index (χ3n) is 4.75. The van der Waals surface area contributed by atoms with Gasteiger partial charge in [0.1, 0.15) is 11.2 Å². The number of pyridine rings is 1. The zero-order valence-corrected chi connectivity index (χ0v) is 20.6. The lowest BCUT2D eigenvalue weighted by Crippen LogP contribution is -2.38. The number of ether oxygens (including phenoxy) is 1. The van der Waals surface area contributed by atoms with Gasteiger partial charge in [-0.1, -0.05) is 29.3 Å². The maximum atomic E-state index is 12.5. The number of nitrogens with one attached hydrogen (secondary N) is 1. The van der Waals surface area contributed by atoms with Gasteiger partial charge in [0.15, 0.2) is 11.4 Å². The Morgan fingerprint density at radius 1 is 1.34 bits per heavy atom. The number of likely N-dealkylation sites (N-methyl/N-ethyl adjacent to an activating group) is 1. The molecule has 3 aromatic rings. The Bertz CT molecular complexity index is 1200. The molecule has 2 amide bonds. The number of amides is 2. The van der Waals surface area contributed by atoms with Crippen LogP contribution in [0.25, 0.3) is 5.65 Å². The number of anilines is 1. The molecule has 0 saturated heterocycles. The van der Waals surface area contributed by atoms with Gasteiger partial charge >= 0.3 is 0 Å². The fraction of sp³-hybridized carbons (Fsp3) is 0.227. The summed E-state index contributed by atoms with van der Waals surface area (Å²) < 4.78 is 8.71. The molecule has 0 aliphatic heterocycles. The van der Waals surface area contributed by atoms with Crippen LogP contribution in [0.1, 0.15) is 17.7 Å². The lowest BCUT2D eigenvalue weighted by molar-refractivity contribution is -0.124. The second-order valence-electron chi connectivity index (χ2n) is 6.92. The molecule has 0 atom stereocenters. The predicted octanol–water partition coefficient (Wildman–Crippen LogP) is 4.95. The largest absolute Gasteiger partial charge is 0.485 e. The molecule has 32 heavy (non-hydrogen) atoms. The first-order valence-corrected chi connectivity index (χ1v) is 11.2. The first-order chi connectivity index (χ1) is 15.2. The van der Waals surface area contributed by atoms with Crippen molar-refractivity contribution < 1.29 is 14.3 Å². The number of fused-ring (bicyclic) bond motifs is 1. The molecule has 3 rings (SSSR count). The number of halogens is 3. The highest BCUT2D eigenvalue weighted by atomic mass is 79.9. The number of rotatable bonds is 8. The number of hydrogen-bond acceptors (Lipinski definition) is 4. The van der Waals surface area contributed by atoms with E-state index in [1.165, 1.54) is 11.0 Å². The molecule has 168 valence electrons. The molecule has 7 nitrogen and oxygen atoms in total. The summed E-state index contributed by atoms with van der Waals surface area (Å²) in [5.41, 5.74) is 2.48. The van der Waals surface area contributed by atoms with Gasteiger partial charge in [-0.2, -0.15) is 0 Å². The van der Waals surface area contributed by atoms with Crippen molar-refractivity contribution in [2.75, 3.05) is 18.5 Å². The molecule has 0 radical (unpaired) electrons. The van der Waals surface area contributed by atoms with Crippen LogP contribution < -0.4 is 15.0 Å². The summed E-state index contributed by atoms with van der Waals surface area (Å²) in [6.07, 6.45) is 3.48. The van der Waals surface area contributed by atoms with Crippen LogP contribution in [0.15, 0.2) is 47.7 Å². The summed E-state index contributed by atoms with van der Waals surface area (Å²) in [6.45, 7) is 5.30. The molecule has 0 bridgehead atoms. The molecular weight excluding hydrogens is 519 g/mol. The number of carbonyl (C=O) groups is 2. The van der Waals surface area contributed by atoms with Crippen LogP contribution in [0.2, 0.25) is 10.0 Å². The van der Waals surface area contributed by atoms with Crippen LogP contribution in [0, 0.1) is 6.92 Å². The molecule has 0 aliphatic carbocycles. The SMILES string of the molecule is C=CCC(=O)NCC(=O)N(C)c1ccc(Cl)c(COc2cccn3c(Br)c(C)nc23)c1Cl. The van der Waals surface area contributed by atoms with Crippen molar-refractivity contribution in [2.24, 2.45) is 0 Å². The van der Waals surface area contributed by atoms with E-state index in [1.807, 2.05) is 23.6 Å². The van der Waals surface area contributed by atoms with Gasteiger partial charge in [0.25, 0.3) is 0 Å². The number of benzene rings is 1. The van der Waals surface area contributed by atoms with Gasteiger partial charge in [-0.25, -0.2) is 4.98 Å². The Morgan fingerprint density at radius 3 is 2.81 bits per heavy atom.